The van der Waals surface area contributed by atoms with Gasteiger partial charge in [0.25, 0.3) is 0 Å². The van der Waals surface area contributed by atoms with Gasteiger partial charge in [-0.2, -0.15) is 0 Å². The zero-order chi connectivity index (χ0) is 24.4. The number of pyridine rings is 2. The van der Waals surface area contributed by atoms with E-state index in [1.807, 2.05) is 31.2 Å². The third kappa shape index (κ3) is 4.79. The number of anilines is 2. The van der Waals surface area contributed by atoms with Crippen LogP contribution < -0.4 is 16.0 Å². The van der Waals surface area contributed by atoms with E-state index in [-0.39, 0.29) is 5.82 Å². The molecule has 2 aromatic carbocycles. The van der Waals surface area contributed by atoms with Gasteiger partial charge in [-0.3, -0.25) is 9.78 Å². The molecule has 178 valence electrons. The first kappa shape index (κ1) is 22.7. The summed E-state index contributed by atoms with van der Waals surface area (Å²) >= 11 is 0. The maximum Gasteiger partial charge on any atom is 0.248 e. The van der Waals surface area contributed by atoms with E-state index in [9.17, 15) is 9.18 Å². The summed E-state index contributed by atoms with van der Waals surface area (Å²) in [5, 5.41) is 4.32. The lowest BCUT2D eigenvalue weighted by atomic mass is 10.0. The second kappa shape index (κ2) is 9.68. The van der Waals surface area contributed by atoms with Crippen molar-refractivity contribution in [2.45, 2.75) is 13.5 Å². The monoisotopic (exact) mass is 471 g/mol. The summed E-state index contributed by atoms with van der Waals surface area (Å²) in [7, 11) is 0. The van der Waals surface area contributed by atoms with Crippen molar-refractivity contribution in [1.29, 1.82) is 0 Å². The molecule has 1 aliphatic heterocycles. The van der Waals surface area contributed by atoms with Crippen LogP contribution in [0.4, 0.5) is 15.8 Å². The van der Waals surface area contributed by atoms with Crippen molar-refractivity contribution in [1.82, 2.24) is 9.97 Å². The Morgan fingerprint density at radius 1 is 1.14 bits per heavy atom. The molecule has 0 saturated carbocycles. The third-order valence-corrected chi connectivity index (χ3v) is 6.21. The number of hydrogen-bond acceptors (Lipinski definition) is 6. The van der Waals surface area contributed by atoms with E-state index in [4.69, 9.17) is 15.5 Å². The van der Waals surface area contributed by atoms with Gasteiger partial charge in [0.15, 0.2) is 0 Å². The first-order valence-electron chi connectivity index (χ1n) is 11.5. The Hall–Kier alpha value is -4.04. The maximum absolute atomic E-state index is 14.1. The van der Waals surface area contributed by atoms with Gasteiger partial charge in [-0.05, 0) is 55.0 Å². The number of nitrogens with one attached hydrogen (secondary N) is 1. The number of hydrogen-bond donors (Lipinski definition) is 2. The topological polar surface area (TPSA) is 93.4 Å². The summed E-state index contributed by atoms with van der Waals surface area (Å²) in [6.45, 7) is 5.20. The number of nitrogens with zero attached hydrogens (tertiary/aromatic N) is 3. The van der Waals surface area contributed by atoms with Crippen LogP contribution in [-0.4, -0.2) is 42.2 Å². The Kier molecular flexibility index (Phi) is 6.29. The van der Waals surface area contributed by atoms with Crippen molar-refractivity contribution in [3.63, 3.8) is 0 Å². The molecule has 0 atom stereocenters. The van der Waals surface area contributed by atoms with Crippen molar-refractivity contribution >= 4 is 28.2 Å². The highest BCUT2D eigenvalue weighted by Gasteiger charge is 2.17. The summed E-state index contributed by atoms with van der Waals surface area (Å²) in [6, 6.07) is 15.9. The number of rotatable bonds is 6. The molecule has 5 rings (SSSR count). The number of nitrogens with two attached hydrogens (primary N) is 1. The molecule has 3 heterocycles. The molecule has 8 heteroatoms. The Morgan fingerprint density at radius 3 is 2.71 bits per heavy atom. The zero-order valence-corrected chi connectivity index (χ0v) is 19.4. The fraction of sp³-hybridized carbons (Fsp3) is 0.222. The van der Waals surface area contributed by atoms with E-state index in [1.165, 1.54) is 12.1 Å². The molecular weight excluding hydrogens is 445 g/mol. The predicted molar refractivity (Wildman–Crippen MR) is 135 cm³/mol. The fourth-order valence-corrected chi connectivity index (χ4v) is 4.43. The molecule has 0 unspecified atom stereocenters. The van der Waals surface area contributed by atoms with Crippen LogP contribution in [-0.2, 0) is 11.3 Å². The van der Waals surface area contributed by atoms with Crippen LogP contribution in [0, 0.1) is 12.7 Å². The zero-order valence-electron chi connectivity index (χ0n) is 19.4. The van der Waals surface area contributed by atoms with Gasteiger partial charge in [0.05, 0.1) is 30.1 Å². The SMILES string of the molecule is Cc1c(-c2ccccn2)nc2cc(F)ccc2c1NCc1cc(C(N)=O)cc(N2CCOCC2)c1. The highest BCUT2D eigenvalue weighted by Crippen LogP contribution is 2.33. The quantitative estimate of drug-likeness (QED) is 0.436. The molecule has 0 bridgehead atoms. The number of ether oxygens (including phenoxy) is 1. The molecule has 1 aliphatic rings. The van der Waals surface area contributed by atoms with Crippen LogP contribution in [0.15, 0.2) is 60.8 Å². The molecule has 3 N–H and O–H groups in total. The number of aromatic nitrogens is 2. The molecule has 2 aromatic heterocycles. The highest BCUT2D eigenvalue weighted by molar-refractivity contribution is 5.96. The number of morpholine rings is 1. The van der Waals surface area contributed by atoms with Crippen LogP contribution in [0.2, 0.25) is 0 Å². The number of primary amides is 1. The van der Waals surface area contributed by atoms with Gasteiger partial charge in [-0.15, -0.1) is 0 Å². The molecule has 7 nitrogen and oxygen atoms in total. The van der Waals surface area contributed by atoms with Gasteiger partial charge < -0.3 is 20.7 Å². The van der Waals surface area contributed by atoms with Crippen molar-refractivity contribution in [3.8, 4) is 11.4 Å². The lowest BCUT2D eigenvalue weighted by Gasteiger charge is -2.29. The van der Waals surface area contributed by atoms with Crippen LogP contribution in [0.5, 0.6) is 0 Å². The van der Waals surface area contributed by atoms with Crippen molar-refractivity contribution in [3.05, 3.63) is 83.3 Å². The highest BCUT2D eigenvalue weighted by atomic mass is 19.1. The van der Waals surface area contributed by atoms with Crippen LogP contribution >= 0.6 is 0 Å². The van der Waals surface area contributed by atoms with E-state index < -0.39 is 5.91 Å². The molecule has 1 saturated heterocycles. The van der Waals surface area contributed by atoms with Gasteiger partial charge in [0.2, 0.25) is 5.91 Å². The summed E-state index contributed by atoms with van der Waals surface area (Å²) in [5.41, 5.74) is 11.6. The largest absolute Gasteiger partial charge is 0.380 e. The summed E-state index contributed by atoms with van der Waals surface area (Å²) in [6.07, 6.45) is 1.71. The van der Waals surface area contributed by atoms with Gasteiger partial charge in [-0.25, -0.2) is 9.37 Å². The van der Waals surface area contributed by atoms with E-state index in [1.54, 1.807) is 18.3 Å². The second-order valence-corrected chi connectivity index (χ2v) is 8.54. The Balaban J connectivity index is 1.54. The summed E-state index contributed by atoms with van der Waals surface area (Å²) in [4.78, 5) is 23.4. The second-order valence-electron chi connectivity index (χ2n) is 8.54. The van der Waals surface area contributed by atoms with Gasteiger partial charge in [-0.1, -0.05) is 6.07 Å². The lowest BCUT2D eigenvalue weighted by molar-refractivity contribution is 0.1000. The normalized spacial score (nSPS) is 13.7. The van der Waals surface area contributed by atoms with Crippen LogP contribution in [0.3, 0.4) is 0 Å². The fourth-order valence-electron chi connectivity index (χ4n) is 4.43. The number of carbonyl (C=O) groups excluding carboxylic acids is 1. The van der Waals surface area contributed by atoms with E-state index in [0.717, 1.165) is 41.0 Å². The first-order chi connectivity index (χ1) is 17.0. The summed E-state index contributed by atoms with van der Waals surface area (Å²) in [5.74, 6) is -0.823. The predicted octanol–water partition coefficient (Wildman–Crippen LogP) is 4.29. The van der Waals surface area contributed by atoms with Crippen molar-refractivity contribution in [2.75, 3.05) is 36.5 Å². The Morgan fingerprint density at radius 2 is 1.97 bits per heavy atom. The van der Waals surface area contributed by atoms with Gasteiger partial charge >= 0.3 is 0 Å². The number of halogens is 1. The van der Waals surface area contributed by atoms with E-state index >= 15 is 0 Å². The maximum atomic E-state index is 14.1. The molecule has 0 radical (unpaired) electrons. The standard InChI is InChI=1S/C27H26FN5O2/c1-17-25(22-6-5-20(28)15-24(22)32-26(17)23-4-2-3-7-30-23)31-16-18-12-19(27(29)34)14-21(13-18)33-8-10-35-11-9-33/h2-7,12-15H,8-11,16H2,1H3,(H2,29,34)(H,31,32). The minimum Gasteiger partial charge on any atom is -0.380 e. The number of fused-ring (bicyclic) bond motifs is 1. The molecular formula is C27H26FN5O2. The first-order valence-corrected chi connectivity index (χ1v) is 11.5. The number of amides is 1. The van der Waals surface area contributed by atoms with Crippen LogP contribution in [0.25, 0.3) is 22.3 Å². The number of benzene rings is 2. The Bertz CT molecular complexity index is 1390. The van der Waals surface area contributed by atoms with Crippen molar-refractivity contribution in [2.24, 2.45) is 5.73 Å². The van der Waals surface area contributed by atoms with Gasteiger partial charge in [0.1, 0.15) is 5.82 Å². The van der Waals surface area contributed by atoms with Crippen LogP contribution in [0.1, 0.15) is 21.5 Å². The average Bonchev–Trinajstić information content (AvgIpc) is 2.88. The minimum atomic E-state index is -0.472. The Labute approximate surface area is 202 Å². The molecule has 0 spiro atoms. The molecule has 1 amide bonds. The molecule has 4 aromatic rings. The van der Waals surface area contributed by atoms with Gasteiger partial charge in [0, 0.05) is 59.8 Å². The molecule has 1 fully saturated rings. The minimum absolute atomic E-state index is 0.351. The molecule has 0 aliphatic carbocycles. The lowest BCUT2D eigenvalue weighted by Crippen LogP contribution is -2.36. The number of carbonyl (C=O) groups is 1. The molecule has 35 heavy (non-hydrogen) atoms. The summed E-state index contributed by atoms with van der Waals surface area (Å²) < 4.78 is 19.5. The average molecular weight is 472 g/mol. The van der Waals surface area contributed by atoms with E-state index in [2.05, 4.69) is 21.3 Å². The van der Waals surface area contributed by atoms with Crippen molar-refractivity contribution < 1.29 is 13.9 Å². The van der Waals surface area contributed by atoms with E-state index in [0.29, 0.717) is 42.2 Å². The smallest absolute Gasteiger partial charge is 0.248 e. The third-order valence-electron chi connectivity index (χ3n) is 6.21.